The van der Waals surface area contributed by atoms with Crippen LogP contribution in [0.15, 0.2) is 36.4 Å². The first-order chi connectivity index (χ1) is 9.76. The first-order valence-electron chi connectivity index (χ1n) is 7.01. The SMILES string of the molecule is CCOc1cccc(NC2CCc3cc(N)ccc32)n1. The molecule has 1 aromatic carbocycles. The second-order valence-corrected chi connectivity index (χ2v) is 4.99. The van der Waals surface area contributed by atoms with Crippen LogP contribution in [0.25, 0.3) is 0 Å². The zero-order valence-corrected chi connectivity index (χ0v) is 11.6. The van der Waals surface area contributed by atoms with Gasteiger partial charge in [0.2, 0.25) is 5.88 Å². The molecule has 3 N–H and O–H groups in total. The van der Waals surface area contributed by atoms with E-state index >= 15 is 0 Å². The van der Waals surface area contributed by atoms with Gasteiger partial charge < -0.3 is 15.8 Å². The number of hydrogen-bond acceptors (Lipinski definition) is 4. The zero-order chi connectivity index (χ0) is 13.9. The van der Waals surface area contributed by atoms with Gasteiger partial charge in [-0.05, 0) is 49.1 Å². The molecule has 0 fully saturated rings. The van der Waals surface area contributed by atoms with Crippen LogP contribution >= 0.6 is 0 Å². The number of anilines is 2. The number of hydrogen-bond donors (Lipinski definition) is 2. The number of nitrogens with two attached hydrogens (primary N) is 1. The minimum absolute atomic E-state index is 0.301. The average Bonchev–Trinajstić information content (AvgIpc) is 2.82. The highest BCUT2D eigenvalue weighted by molar-refractivity contribution is 5.50. The first kappa shape index (κ1) is 12.8. The summed E-state index contributed by atoms with van der Waals surface area (Å²) in [5, 5.41) is 3.48. The minimum Gasteiger partial charge on any atom is -0.478 e. The lowest BCUT2D eigenvalue weighted by atomic mass is 10.1. The molecule has 1 aliphatic rings. The van der Waals surface area contributed by atoms with Gasteiger partial charge >= 0.3 is 0 Å². The van der Waals surface area contributed by atoms with Crippen molar-refractivity contribution >= 4 is 11.5 Å². The molecule has 0 aliphatic heterocycles. The number of aryl methyl sites for hydroxylation is 1. The predicted octanol–water partition coefficient (Wildman–Crippen LogP) is 3.16. The van der Waals surface area contributed by atoms with Crippen LogP contribution in [0.5, 0.6) is 5.88 Å². The second-order valence-electron chi connectivity index (χ2n) is 4.99. The number of nitrogens with zero attached hydrogens (tertiary/aromatic N) is 1. The Morgan fingerprint density at radius 3 is 3.10 bits per heavy atom. The molecule has 1 heterocycles. The van der Waals surface area contributed by atoms with Crippen LogP contribution in [0.2, 0.25) is 0 Å². The van der Waals surface area contributed by atoms with Gasteiger partial charge in [0.05, 0.1) is 12.6 Å². The van der Waals surface area contributed by atoms with Gasteiger partial charge in [-0.1, -0.05) is 12.1 Å². The van der Waals surface area contributed by atoms with Gasteiger partial charge in [-0.15, -0.1) is 0 Å². The number of ether oxygens (including phenoxy) is 1. The first-order valence-corrected chi connectivity index (χ1v) is 7.01. The van der Waals surface area contributed by atoms with Crippen molar-refractivity contribution in [2.45, 2.75) is 25.8 Å². The smallest absolute Gasteiger partial charge is 0.215 e. The van der Waals surface area contributed by atoms with Gasteiger partial charge in [0.25, 0.3) is 0 Å². The van der Waals surface area contributed by atoms with Gasteiger partial charge in [-0.3, -0.25) is 0 Å². The predicted molar refractivity (Wildman–Crippen MR) is 80.9 cm³/mol. The molecule has 1 aromatic heterocycles. The highest BCUT2D eigenvalue weighted by atomic mass is 16.5. The van der Waals surface area contributed by atoms with Crippen molar-refractivity contribution in [3.05, 3.63) is 47.5 Å². The Morgan fingerprint density at radius 1 is 1.35 bits per heavy atom. The average molecular weight is 269 g/mol. The second kappa shape index (κ2) is 5.41. The van der Waals surface area contributed by atoms with E-state index in [0.717, 1.165) is 24.3 Å². The molecule has 1 aliphatic carbocycles. The van der Waals surface area contributed by atoms with E-state index in [1.54, 1.807) is 0 Å². The molecule has 1 unspecified atom stereocenters. The molecule has 4 heteroatoms. The number of aromatic nitrogens is 1. The largest absolute Gasteiger partial charge is 0.478 e. The van der Waals surface area contributed by atoms with E-state index in [0.29, 0.717) is 18.5 Å². The highest BCUT2D eigenvalue weighted by Gasteiger charge is 2.22. The van der Waals surface area contributed by atoms with Gasteiger partial charge in [0, 0.05) is 11.8 Å². The number of pyridine rings is 1. The Hall–Kier alpha value is -2.23. The third kappa shape index (κ3) is 2.54. The van der Waals surface area contributed by atoms with Gasteiger partial charge in [0.15, 0.2) is 0 Å². The van der Waals surface area contributed by atoms with E-state index in [2.05, 4.69) is 22.4 Å². The molecule has 0 bridgehead atoms. The minimum atomic E-state index is 0.301. The van der Waals surface area contributed by atoms with E-state index in [1.807, 2.05) is 31.2 Å². The summed E-state index contributed by atoms with van der Waals surface area (Å²) in [7, 11) is 0. The fourth-order valence-electron chi connectivity index (χ4n) is 2.69. The van der Waals surface area contributed by atoms with Crippen LogP contribution in [0.1, 0.15) is 30.5 Å². The Labute approximate surface area is 119 Å². The van der Waals surface area contributed by atoms with Crippen LogP contribution < -0.4 is 15.8 Å². The summed E-state index contributed by atoms with van der Waals surface area (Å²) in [6.07, 6.45) is 2.13. The summed E-state index contributed by atoms with van der Waals surface area (Å²) >= 11 is 0. The fraction of sp³-hybridized carbons (Fsp3) is 0.312. The van der Waals surface area contributed by atoms with E-state index in [9.17, 15) is 0 Å². The summed E-state index contributed by atoms with van der Waals surface area (Å²) in [6, 6.07) is 12.2. The number of fused-ring (bicyclic) bond motifs is 1. The van der Waals surface area contributed by atoms with Crippen LogP contribution in [-0.4, -0.2) is 11.6 Å². The molecule has 0 spiro atoms. The zero-order valence-electron chi connectivity index (χ0n) is 11.6. The maximum atomic E-state index is 5.83. The standard InChI is InChI=1S/C16H19N3O/c1-2-20-16-5-3-4-15(19-16)18-14-9-6-11-10-12(17)7-8-13(11)14/h3-5,7-8,10,14H,2,6,9,17H2,1H3,(H,18,19). The Kier molecular flexibility index (Phi) is 3.46. The third-order valence-corrected chi connectivity index (χ3v) is 3.58. The maximum Gasteiger partial charge on any atom is 0.215 e. The molecule has 3 rings (SSSR count). The molecule has 0 radical (unpaired) electrons. The summed E-state index contributed by atoms with van der Waals surface area (Å²) < 4.78 is 5.43. The van der Waals surface area contributed by atoms with Crippen LogP contribution in [0.3, 0.4) is 0 Å². The molecule has 20 heavy (non-hydrogen) atoms. The molecule has 1 atom stereocenters. The molecule has 0 saturated carbocycles. The van der Waals surface area contributed by atoms with Gasteiger partial charge in [0.1, 0.15) is 5.82 Å². The Balaban J connectivity index is 1.78. The van der Waals surface area contributed by atoms with Crippen molar-refractivity contribution in [1.29, 1.82) is 0 Å². The van der Waals surface area contributed by atoms with Crippen molar-refractivity contribution in [3.8, 4) is 5.88 Å². The summed E-state index contributed by atoms with van der Waals surface area (Å²) in [5.41, 5.74) is 9.33. The number of nitrogens with one attached hydrogen (secondary N) is 1. The molecule has 104 valence electrons. The maximum absolute atomic E-state index is 5.83. The van der Waals surface area contributed by atoms with Crippen LogP contribution in [0.4, 0.5) is 11.5 Å². The monoisotopic (exact) mass is 269 g/mol. The lowest BCUT2D eigenvalue weighted by Crippen LogP contribution is -2.09. The number of nitrogen functional groups attached to an aromatic ring is 1. The molecular formula is C16H19N3O. The van der Waals surface area contributed by atoms with Crippen molar-refractivity contribution in [3.63, 3.8) is 0 Å². The van der Waals surface area contributed by atoms with Gasteiger partial charge in [-0.25, -0.2) is 0 Å². The highest BCUT2D eigenvalue weighted by Crippen LogP contribution is 2.34. The molecule has 4 nitrogen and oxygen atoms in total. The third-order valence-electron chi connectivity index (χ3n) is 3.58. The molecule has 0 amide bonds. The number of rotatable bonds is 4. The quantitative estimate of drug-likeness (QED) is 0.837. The molecule has 0 saturated heterocycles. The normalized spacial score (nSPS) is 16.8. The topological polar surface area (TPSA) is 60.2 Å². The summed E-state index contributed by atoms with van der Waals surface area (Å²) in [5.74, 6) is 1.51. The summed E-state index contributed by atoms with van der Waals surface area (Å²) in [4.78, 5) is 4.46. The lowest BCUT2D eigenvalue weighted by Gasteiger charge is -2.15. The Morgan fingerprint density at radius 2 is 2.25 bits per heavy atom. The summed E-state index contributed by atoms with van der Waals surface area (Å²) in [6.45, 7) is 2.58. The number of benzene rings is 1. The fourth-order valence-corrected chi connectivity index (χ4v) is 2.69. The van der Waals surface area contributed by atoms with E-state index in [4.69, 9.17) is 10.5 Å². The molecule has 2 aromatic rings. The Bertz CT molecular complexity index is 612. The van der Waals surface area contributed by atoms with Gasteiger partial charge in [-0.2, -0.15) is 4.98 Å². The lowest BCUT2D eigenvalue weighted by molar-refractivity contribution is 0.327. The van der Waals surface area contributed by atoms with E-state index in [-0.39, 0.29) is 0 Å². The van der Waals surface area contributed by atoms with Crippen molar-refractivity contribution < 1.29 is 4.74 Å². The van der Waals surface area contributed by atoms with Crippen molar-refractivity contribution in [2.24, 2.45) is 0 Å². The molecular weight excluding hydrogens is 250 g/mol. The van der Waals surface area contributed by atoms with Crippen LogP contribution in [-0.2, 0) is 6.42 Å². The van der Waals surface area contributed by atoms with E-state index in [1.165, 1.54) is 11.1 Å². The van der Waals surface area contributed by atoms with Crippen molar-refractivity contribution in [2.75, 3.05) is 17.7 Å². The van der Waals surface area contributed by atoms with E-state index < -0.39 is 0 Å². The van der Waals surface area contributed by atoms with Crippen molar-refractivity contribution in [1.82, 2.24) is 4.98 Å². The van der Waals surface area contributed by atoms with Crippen LogP contribution in [0, 0.1) is 0 Å².